The van der Waals surface area contributed by atoms with E-state index in [9.17, 15) is 0 Å². The summed E-state index contributed by atoms with van der Waals surface area (Å²) in [6.07, 6.45) is 4.09. The molecule has 2 aliphatic rings. The maximum atomic E-state index is 3.81. The first-order valence-corrected chi connectivity index (χ1v) is 9.11. The van der Waals surface area contributed by atoms with Gasteiger partial charge in [-0.1, -0.05) is 27.7 Å². The van der Waals surface area contributed by atoms with Gasteiger partial charge in [0.1, 0.15) is 0 Å². The first-order valence-electron chi connectivity index (χ1n) is 9.11. The van der Waals surface area contributed by atoms with Crippen molar-refractivity contribution >= 4 is 0 Å². The zero-order chi connectivity index (χ0) is 15.4. The van der Waals surface area contributed by atoms with E-state index >= 15 is 0 Å². The van der Waals surface area contributed by atoms with E-state index in [0.717, 1.165) is 23.8 Å². The summed E-state index contributed by atoms with van der Waals surface area (Å²) in [4.78, 5) is 5.31. The summed E-state index contributed by atoms with van der Waals surface area (Å²) in [5.41, 5.74) is 0. The summed E-state index contributed by atoms with van der Waals surface area (Å²) in [5.74, 6) is 2.47. The van der Waals surface area contributed by atoms with E-state index in [1.54, 1.807) is 0 Å². The molecule has 124 valence electrons. The van der Waals surface area contributed by atoms with Crippen LogP contribution in [0.25, 0.3) is 0 Å². The molecule has 2 saturated heterocycles. The molecular weight excluding hydrogens is 258 g/mol. The minimum absolute atomic E-state index is 0.700. The molecule has 21 heavy (non-hydrogen) atoms. The van der Waals surface area contributed by atoms with E-state index in [2.05, 4.69) is 49.9 Å². The van der Waals surface area contributed by atoms with Crippen molar-refractivity contribution in [2.24, 2.45) is 17.8 Å². The van der Waals surface area contributed by atoms with Gasteiger partial charge in [0.15, 0.2) is 0 Å². The van der Waals surface area contributed by atoms with Crippen molar-refractivity contribution in [3.8, 4) is 0 Å². The Kier molecular flexibility index (Phi) is 6.51. The van der Waals surface area contributed by atoms with Crippen molar-refractivity contribution in [3.05, 3.63) is 0 Å². The Morgan fingerprint density at radius 1 is 1.10 bits per heavy atom. The second kappa shape index (κ2) is 7.94. The lowest BCUT2D eigenvalue weighted by molar-refractivity contribution is 0.0624. The quantitative estimate of drug-likeness (QED) is 0.841. The van der Waals surface area contributed by atoms with Gasteiger partial charge >= 0.3 is 0 Å². The lowest BCUT2D eigenvalue weighted by atomic mass is 9.91. The lowest BCUT2D eigenvalue weighted by Gasteiger charge is -2.45. The van der Waals surface area contributed by atoms with Crippen LogP contribution in [0.15, 0.2) is 0 Å². The monoisotopic (exact) mass is 295 g/mol. The molecule has 2 unspecified atom stereocenters. The van der Waals surface area contributed by atoms with Gasteiger partial charge < -0.3 is 10.2 Å². The normalized spacial score (nSPS) is 30.4. The molecule has 2 rings (SSSR count). The molecule has 1 N–H and O–H groups in total. The SMILES string of the molecule is CC(C)CC1CN(CC2CCN(C)CC2)C(C(C)C)CN1. The van der Waals surface area contributed by atoms with Crippen molar-refractivity contribution in [2.75, 3.05) is 39.8 Å². The second-order valence-corrected chi connectivity index (χ2v) is 8.25. The number of rotatable bonds is 5. The Bertz CT molecular complexity index is 295. The van der Waals surface area contributed by atoms with Crippen LogP contribution in [-0.2, 0) is 0 Å². The fourth-order valence-corrected chi connectivity index (χ4v) is 4.07. The fraction of sp³-hybridized carbons (Fsp3) is 1.00. The van der Waals surface area contributed by atoms with Gasteiger partial charge in [-0.15, -0.1) is 0 Å². The number of likely N-dealkylation sites (tertiary alicyclic amines) is 1. The average molecular weight is 296 g/mol. The molecule has 3 heteroatoms. The molecule has 0 amide bonds. The van der Waals surface area contributed by atoms with Crippen LogP contribution in [-0.4, -0.2) is 61.7 Å². The Labute approximate surface area is 132 Å². The number of nitrogens with zero attached hydrogens (tertiary/aromatic N) is 2. The second-order valence-electron chi connectivity index (χ2n) is 8.25. The molecule has 2 atom stereocenters. The predicted molar refractivity (Wildman–Crippen MR) is 91.7 cm³/mol. The van der Waals surface area contributed by atoms with Gasteiger partial charge in [-0.25, -0.2) is 0 Å². The highest BCUT2D eigenvalue weighted by molar-refractivity contribution is 4.89. The molecule has 3 nitrogen and oxygen atoms in total. The highest BCUT2D eigenvalue weighted by Gasteiger charge is 2.32. The van der Waals surface area contributed by atoms with Gasteiger partial charge in [0.2, 0.25) is 0 Å². The average Bonchev–Trinajstić information content (AvgIpc) is 2.40. The van der Waals surface area contributed by atoms with Crippen LogP contribution in [0.3, 0.4) is 0 Å². The number of piperidine rings is 1. The van der Waals surface area contributed by atoms with Gasteiger partial charge in [-0.05, 0) is 57.2 Å². The number of nitrogens with one attached hydrogen (secondary N) is 1. The predicted octanol–water partition coefficient (Wildman–Crippen LogP) is 2.67. The van der Waals surface area contributed by atoms with E-state index in [1.165, 1.54) is 52.0 Å². The number of piperazine rings is 1. The van der Waals surface area contributed by atoms with Gasteiger partial charge in [0.25, 0.3) is 0 Å². The summed E-state index contributed by atoms with van der Waals surface area (Å²) in [6.45, 7) is 15.8. The zero-order valence-electron chi connectivity index (χ0n) is 14.9. The van der Waals surface area contributed by atoms with Crippen LogP contribution in [0.4, 0.5) is 0 Å². The molecule has 2 fully saturated rings. The van der Waals surface area contributed by atoms with E-state index in [4.69, 9.17) is 0 Å². The molecule has 0 aromatic heterocycles. The Balaban J connectivity index is 1.90. The maximum absolute atomic E-state index is 3.81. The lowest BCUT2D eigenvalue weighted by Crippen LogP contribution is -2.59. The Morgan fingerprint density at radius 2 is 1.76 bits per heavy atom. The highest BCUT2D eigenvalue weighted by Crippen LogP contribution is 2.23. The Morgan fingerprint density at radius 3 is 2.33 bits per heavy atom. The van der Waals surface area contributed by atoms with Crippen molar-refractivity contribution in [2.45, 2.75) is 59.0 Å². The van der Waals surface area contributed by atoms with Crippen molar-refractivity contribution in [1.29, 1.82) is 0 Å². The molecular formula is C18H37N3. The van der Waals surface area contributed by atoms with Gasteiger partial charge in [0, 0.05) is 31.7 Å². The Hall–Kier alpha value is -0.120. The van der Waals surface area contributed by atoms with Crippen LogP contribution in [0.2, 0.25) is 0 Å². The minimum Gasteiger partial charge on any atom is -0.311 e. The molecule has 2 heterocycles. The minimum atomic E-state index is 0.700. The number of hydrogen-bond donors (Lipinski definition) is 1. The van der Waals surface area contributed by atoms with E-state index < -0.39 is 0 Å². The molecule has 0 radical (unpaired) electrons. The fourth-order valence-electron chi connectivity index (χ4n) is 4.07. The van der Waals surface area contributed by atoms with E-state index in [1.807, 2.05) is 0 Å². The summed E-state index contributed by atoms with van der Waals surface area (Å²) in [5, 5.41) is 3.81. The van der Waals surface area contributed by atoms with Crippen molar-refractivity contribution < 1.29 is 0 Å². The van der Waals surface area contributed by atoms with E-state index in [0.29, 0.717) is 6.04 Å². The molecule has 0 bridgehead atoms. The molecule has 0 spiro atoms. The summed E-state index contributed by atoms with van der Waals surface area (Å²) in [7, 11) is 2.26. The summed E-state index contributed by atoms with van der Waals surface area (Å²) < 4.78 is 0. The zero-order valence-corrected chi connectivity index (χ0v) is 14.9. The largest absolute Gasteiger partial charge is 0.311 e. The van der Waals surface area contributed by atoms with Crippen molar-refractivity contribution in [3.63, 3.8) is 0 Å². The summed E-state index contributed by atoms with van der Waals surface area (Å²) in [6, 6.07) is 1.43. The summed E-state index contributed by atoms with van der Waals surface area (Å²) >= 11 is 0. The first-order chi connectivity index (χ1) is 9.95. The molecule has 0 aromatic carbocycles. The van der Waals surface area contributed by atoms with Gasteiger partial charge in [-0.3, -0.25) is 4.90 Å². The molecule has 2 aliphatic heterocycles. The van der Waals surface area contributed by atoms with Crippen LogP contribution >= 0.6 is 0 Å². The number of hydrogen-bond acceptors (Lipinski definition) is 3. The molecule has 0 aromatic rings. The molecule has 0 aliphatic carbocycles. The van der Waals surface area contributed by atoms with Crippen LogP contribution in [0, 0.1) is 17.8 Å². The first kappa shape index (κ1) is 17.2. The van der Waals surface area contributed by atoms with Crippen LogP contribution in [0.1, 0.15) is 47.0 Å². The van der Waals surface area contributed by atoms with Gasteiger partial charge in [0.05, 0.1) is 0 Å². The van der Waals surface area contributed by atoms with Crippen LogP contribution in [0.5, 0.6) is 0 Å². The van der Waals surface area contributed by atoms with Crippen LogP contribution < -0.4 is 5.32 Å². The smallest absolute Gasteiger partial charge is 0.0244 e. The van der Waals surface area contributed by atoms with Crippen molar-refractivity contribution in [1.82, 2.24) is 15.1 Å². The highest BCUT2D eigenvalue weighted by atomic mass is 15.2. The maximum Gasteiger partial charge on any atom is 0.0244 e. The standard InChI is InChI=1S/C18H37N3/c1-14(2)10-17-13-21(18(11-19-17)15(3)4)12-16-6-8-20(5)9-7-16/h14-19H,6-13H2,1-5H3. The third kappa shape index (κ3) is 5.22. The topological polar surface area (TPSA) is 18.5 Å². The third-order valence-corrected chi connectivity index (χ3v) is 5.40. The van der Waals surface area contributed by atoms with Gasteiger partial charge in [-0.2, -0.15) is 0 Å². The third-order valence-electron chi connectivity index (χ3n) is 5.40. The van der Waals surface area contributed by atoms with E-state index in [-0.39, 0.29) is 0 Å². The molecule has 0 saturated carbocycles.